The molecular weight excluding hydrogens is 398 g/mol. The Balaban J connectivity index is 1.58. The summed E-state index contributed by atoms with van der Waals surface area (Å²) in [5, 5.41) is 5.60. The third-order valence-electron chi connectivity index (χ3n) is 4.93. The van der Waals surface area contributed by atoms with Crippen molar-refractivity contribution < 1.29 is 19.1 Å². The number of urea groups is 1. The molecule has 1 aliphatic heterocycles. The van der Waals surface area contributed by atoms with Crippen LogP contribution in [0.15, 0.2) is 42.7 Å². The fraction of sp³-hybridized carbons (Fsp3) is 0.182. The molecule has 1 aliphatic rings. The van der Waals surface area contributed by atoms with Crippen molar-refractivity contribution in [2.45, 2.75) is 12.6 Å². The van der Waals surface area contributed by atoms with Gasteiger partial charge in [-0.1, -0.05) is 12.0 Å². The first kappa shape index (κ1) is 20.0. The van der Waals surface area contributed by atoms with E-state index in [9.17, 15) is 14.4 Å². The molecule has 156 valence electrons. The van der Waals surface area contributed by atoms with Crippen molar-refractivity contribution in [2.75, 3.05) is 13.7 Å². The Kier molecular flexibility index (Phi) is 5.53. The van der Waals surface area contributed by atoms with Crippen LogP contribution in [0, 0.1) is 11.8 Å². The van der Waals surface area contributed by atoms with Crippen molar-refractivity contribution in [3.05, 3.63) is 59.5 Å². The fourth-order valence-corrected chi connectivity index (χ4v) is 3.45. The third-order valence-corrected chi connectivity index (χ3v) is 4.93. The number of aromatic nitrogens is 2. The number of aromatic amines is 1. The van der Waals surface area contributed by atoms with Crippen LogP contribution < -0.4 is 15.4 Å². The van der Waals surface area contributed by atoms with Gasteiger partial charge in [-0.15, -0.1) is 0 Å². The highest BCUT2D eigenvalue weighted by Crippen LogP contribution is 2.26. The van der Waals surface area contributed by atoms with Crippen LogP contribution in [0.2, 0.25) is 0 Å². The van der Waals surface area contributed by atoms with Crippen molar-refractivity contribution >= 4 is 29.3 Å². The summed E-state index contributed by atoms with van der Waals surface area (Å²) in [6.07, 6.45) is 3.72. The van der Waals surface area contributed by atoms with Crippen LogP contribution >= 0.6 is 0 Å². The molecule has 0 saturated heterocycles. The Labute approximate surface area is 177 Å². The highest BCUT2D eigenvalue weighted by atomic mass is 16.5. The van der Waals surface area contributed by atoms with Crippen LogP contribution in [-0.2, 0) is 11.3 Å². The van der Waals surface area contributed by atoms with Crippen molar-refractivity contribution in [1.29, 1.82) is 0 Å². The van der Waals surface area contributed by atoms with Crippen molar-refractivity contribution in [1.82, 2.24) is 25.5 Å². The summed E-state index contributed by atoms with van der Waals surface area (Å²) < 4.78 is 5.20. The second-order valence-corrected chi connectivity index (χ2v) is 6.87. The normalized spacial score (nSPS) is 13.2. The van der Waals surface area contributed by atoms with Gasteiger partial charge in [-0.2, -0.15) is 0 Å². The molecule has 4 rings (SSSR count). The number of amides is 4. The van der Waals surface area contributed by atoms with Gasteiger partial charge in [0.1, 0.15) is 17.5 Å². The second-order valence-electron chi connectivity index (χ2n) is 6.87. The van der Waals surface area contributed by atoms with Gasteiger partial charge in [-0.25, -0.2) is 9.78 Å². The quantitative estimate of drug-likeness (QED) is 0.429. The Morgan fingerprint density at radius 1 is 1.39 bits per heavy atom. The molecule has 9 heteroatoms. The Hall–Kier alpha value is -4.32. The number of imide groups is 1. The molecule has 4 amide bonds. The zero-order chi connectivity index (χ0) is 21.8. The molecule has 0 saturated carbocycles. The summed E-state index contributed by atoms with van der Waals surface area (Å²) in [4.78, 5) is 44.3. The zero-order valence-electron chi connectivity index (χ0n) is 16.6. The molecule has 0 fully saturated rings. The van der Waals surface area contributed by atoms with Gasteiger partial charge in [0.05, 0.1) is 19.2 Å². The molecule has 0 aliphatic carbocycles. The van der Waals surface area contributed by atoms with Gasteiger partial charge in [0.2, 0.25) is 6.41 Å². The first-order valence-electron chi connectivity index (χ1n) is 9.49. The summed E-state index contributed by atoms with van der Waals surface area (Å²) in [5.74, 6) is 6.35. The van der Waals surface area contributed by atoms with E-state index in [1.165, 1.54) is 0 Å². The SMILES string of the molecule is COc1ccc2c(c1)C(=O)N(C[C@@H](C#Cc1nccc3cc[nH]c13)NC(=O)NC=O)C2. The van der Waals surface area contributed by atoms with Crippen molar-refractivity contribution in [3.8, 4) is 17.6 Å². The zero-order valence-corrected chi connectivity index (χ0v) is 16.6. The minimum atomic E-state index is -0.730. The van der Waals surface area contributed by atoms with Gasteiger partial charge in [0.15, 0.2) is 0 Å². The van der Waals surface area contributed by atoms with Gasteiger partial charge < -0.3 is 19.9 Å². The molecule has 3 heterocycles. The summed E-state index contributed by atoms with van der Waals surface area (Å²) in [7, 11) is 1.54. The number of carbonyl (C=O) groups excluding carboxylic acids is 3. The number of ether oxygens (including phenoxy) is 1. The third kappa shape index (κ3) is 4.18. The van der Waals surface area contributed by atoms with Crippen LogP contribution in [0.1, 0.15) is 21.6 Å². The maximum absolute atomic E-state index is 12.8. The number of methoxy groups -OCH3 is 1. The van der Waals surface area contributed by atoms with Crippen LogP contribution in [0.5, 0.6) is 5.75 Å². The van der Waals surface area contributed by atoms with Crippen LogP contribution in [0.3, 0.4) is 0 Å². The van der Waals surface area contributed by atoms with E-state index in [1.807, 2.05) is 23.5 Å². The van der Waals surface area contributed by atoms with E-state index in [0.29, 0.717) is 23.6 Å². The molecule has 1 atom stereocenters. The smallest absolute Gasteiger partial charge is 0.322 e. The predicted octanol–water partition coefficient (Wildman–Crippen LogP) is 1.40. The van der Waals surface area contributed by atoms with E-state index in [4.69, 9.17) is 4.74 Å². The van der Waals surface area contributed by atoms with Gasteiger partial charge >= 0.3 is 6.03 Å². The van der Waals surface area contributed by atoms with E-state index < -0.39 is 12.1 Å². The molecule has 31 heavy (non-hydrogen) atoms. The monoisotopic (exact) mass is 417 g/mol. The fourth-order valence-electron chi connectivity index (χ4n) is 3.45. The molecule has 0 unspecified atom stereocenters. The number of rotatable bonds is 5. The largest absolute Gasteiger partial charge is 0.497 e. The summed E-state index contributed by atoms with van der Waals surface area (Å²) in [6, 6.07) is 7.67. The maximum atomic E-state index is 12.8. The minimum Gasteiger partial charge on any atom is -0.497 e. The lowest BCUT2D eigenvalue weighted by molar-refractivity contribution is -0.108. The first-order valence-corrected chi connectivity index (χ1v) is 9.49. The molecule has 1 aromatic carbocycles. The Morgan fingerprint density at radius 2 is 2.26 bits per heavy atom. The summed E-state index contributed by atoms with van der Waals surface area (Å²) in [5.41, 5.74) is 2.72. The summed E-state index contributed by atoms with van der Waals surface area (Å²) in [6.45, 7) is 0.521. The number of pyridine rings is 1. The molecule has 0 bridgehead atoms. The van der Waals surface area contributed by atoms with E-state index >= 15 is 0 Å². The highest BCUT2D eigenvalue weighted by Gasteiger charge is 2.29. The minimum absolute atomic E-state index is 0.135. The van der Waals surface area contributed by atoms with Gasteiger partial charge in [0.25, 0.3) is 5.91 Å². The number of H-pyrrole nitrogens is 1. The first-order chi connectivity index (χ1) is 15.1. The van der Waals surface area contributed by atoms with Gasteiger partial charge in [-0.05, 0) is 35.7 Å². The number of fused-ring (bicyclic) bond motifs is 2. The highest BCUT2D eigenvalue weighted by molar-refractivity contribution is 5.98. The lowest BCUT2D eigenvalue weighted by Gasteiger charge is -2.20. The second kappa shape index (κ2) is 8.59. The van der Waals surface area contributed by atoms with Crippen LogP contribution in [0.25, 0.3) is 10.9 Å². The molecule has 2 aromatic heterocycles. The van der Waals surface area contributed by atoms with Crippen molar-refractivity contribution in [2.24, 2.45) is 0 Å². The number of nitrogens with zero attached hydrogens (tertiary/aromatic N) is 2. The lowest BCUT2D eigenvalue weighted by Crippen LogP contribution is -2.46. The van der Waals surface area contributed by atoms with Gasteiger partial charge in [-0.3, -0.25) is 14.9 Å². The molecular formula is C22H19N5O4. The number of benzene rings is 1. The van der Waals surface area contributed by atoms with E-state index in [0.717, 1.165) is 16.5 Å². The molecule has 0 spiro atoms. The average Bonchev–Trinajstić information content (AvgIpc) is 3.37. The molecule has 3 aromatic rings. The molecule has 9 nitrogen and oxygen atoms in total. The van der Waals surface area contributed by atoms with E-state index in [2.05, 4.69) is 27.1 Å². The number of nitrogens with one attached hydrogen (secondary N) is 3. The Morgan fingerprint density at radius 3 is 3.06 bits per heavy atom. The number of hydrogen-bond donors (Lipinski definition) is 3. The lowest BCUT2D eigenvalue weighted by atomic mass is 10.1. The predicted molar refractivity (Wildman–Crippen MR) is 112 cm³/mol. The molecule has 3 N–H and O–H groups in total. The summed E-state index contributed by atoms with van der Waals surface area (Å²) >= 11 is 0. The van der Waals surface area contributed by atoms with Crippen molar-refractivity contribution in [3.63, 3.8) is 0 Å². The topological polar surface area (TPSA) is 116 Å². The average molecular weight is 417 g/mol. The van der Waals surface area contributed by atoms with E-state index in [1.54, 1.807) is 36.5 Å². The van der Waals surface area contributed by atoms with E-state index in [-0.39, 0.29) is 18.9 Å². The Bertz CT molecular complexity index is 1220. The van der Waals surface area contributed by atoms with Gasteiger partial charge in [0, 0.05) is 29.9 Å². The number of carbonyl (C=O) groups is 3. The maximum Gasteiger partial charge on any atom is 0.322 e. The van der Waals surface area contributed by atoms with Crippen LogP contribution in [0.4, 0.5) is 4.79 Å². The standard InChI is InChI=1S/C22H19N5O4/c1-31-17-4-2-15-11-27(21(29)18(15)10-17)12-16(26-22(30)25-13-28)3-5-19-20-14(6-8-23-19)7-9-24-20/h2,4,6-10,13,16,24H,11-12H2,1H3,(H2,25,26,28,30)/t16-/m1/s1. The number of hydrogen-bond acceptors (Lipinski definition) is 5. The van der Waals surface area contributed by atoms with Crippen LogP contribution in [-0.4, -0.2) is 52.9 Å². The molecule has 0 radical (unpaired) electrons.